The zero-order chi connectivity index (χ0) is 15.4. The summed E-state index contributed by atoms with van der Waals surface area (Å²) in [5.41, 5.74) is 0.990. The first-order valence-electron chi connectivity index (χ1n) is 6.19. The molecule has 4 nitrogen and oxygen atoms in total. The van der Waals surface area contributed by atoms with Gasteiger partial charge in [0.2, 0.25) is 11.5 Å². The van der Waals surface area contributed by atoms with Crippen molar-refractivity contribution in [3.05, 3.63) is 38.5 Å². The number of ketones is 1. The van der Waals surface area contributed by atoms with Gasteiger partial charge in [0.1, 0.15) is 0 Å². The van der Waals surface area contributed by atoms with Crippen LogP contribution < -0.4 is 14.2 Å². The molecular formula is C15H15BrO4S. The number of carbonyl (C=O) groups is 1. The summed E-state index contributed by atoms with van der Waals surface area (Å²) in [4.78, 5) is 12.7. The number of Topliss-reactive ketones (excluding diaryl/α,β-unsaturated/α-hetero) is 1. The molecule has 112 valence electrons. The molecule has 0 amide bonds. The Morgan fingerprint density at radius 1 is 1.19 bits per heavy atom. The maximum atomic E-state index is 12.1. The van der Waals surface area contributed by atoms with E-state index in [0.717, 1.165) is 9.35 Å². The molecule has 2 aromatic rings. The molecule has 0 atom stereocenters. The van der Waals surface area contributed by atoms with Gasteiger partial charge in [-0.1, -0.05) is 0 Å². The van der Waals surface area contributed by atoms with Gasteiger partial charge in [-0.25, -0.2) is 0 Å². The second kappa shape index (κ2) is 6.95. The van der Waals surface area contributed by atoms with E-state index in [2.05, 4.69) is 15.9 Å². The lowest BCUT2D eigenvalue weighted by Crippen LogP contribution is -2.11. The molecule has 0 bridgehead atoms. The molecule has 0 aliphatic rings. The summed E-state index contributed by atoms with van der Waals surface area (Å²) in [6.07, 6.45) is 0. The average Bonchev–Trinajstić information content (AvgIpc) is 2.91. The lowest BCUT2D eigenvalue weighted by Gasteiger charge is -2.14. The Hall–Kier alpha value is -1.53. The molecule has 0 fully saturated rings. The molecule has 0 unspecified atom stereocenters. The number of ether oxygens (including phenoxy) is 3. The van der Waals surface area contributed by atoms with Crippen LogP contribution in [0.15, 0.2) is 28.1 Å². The van der Waals surface area contributed by atoms with Crippen molar-refractivity contribution in [2.24, 2.45) is 0 Å². The minimum Gasteiger partial charge on any atom is -0.493 e. The molecule has 0 radical (unpaired) electrons. The van der Waals surface area contributed by atoms with Crippen LogP contribution in [0.3, 0.4) is 0 Å². The number of benzene rings is 1. The second-order valence-corrected chi connectivity index (χ2v) is 6.78. The monoisotopic (exact) mass is 370 g/mol. The minimum absolute atomic E-state index is 0.0667. The molecule has 0 N–H and O–H groups in total. The third kappa shape index (κ3) is 3.77. The van der Waals surface area contributed by atoms with Gasteiger partial charge < -0.3 is 14.2 Å². The van der Waals surface area contributed by atoms with E-state index in [1.165, 1.54) is 11.3 Å². The molecule has 2 rings (SSSR count). The Balaban J connectivity index is 2.17. The van der Waals surface area contributed by atoms with Crippen molar-refractivity contribution in [3.8, 4) is 17.2 Å². The highest BCUT2D eigenvalue weighted by atomic mass is 79.9. The number of aryl methyl sites for hydroxylation is 1. The Morgan fingerprint density at radius 2 is 1.81 bits per heavy atom. The van der Waals surface area contributed by atoms with Crippen LogP contribution >= 0.6 is 27.3 Å². The van der Waals surface area contributed by atoms with Crippen LogP contribution in [-0.2, 0) is 0 Å². The van der Waals surface area contributed by atoms with E-state index < -0.39 is 0 Å². The van der Waals surface area contributed by atoms with E-state index in [1.54, 1.807) is 20.3 Å². The smallest absolute Gasteiger partial charge is 0.210 e. The van der Waals surface area contributed by atoms with E-state index in [0.29, 0.717) is 22.1 Å². The quantitative estimate of drug-likeness (QED) is 0.718. The summed E-state index contributed by atoms with van der Waals surface area (Å²) < 4.78 is 17.1. The molecule has 1 heterocycles. The summed E-state index contributed by atoms with van der Waals surface area (Å²) in [5.74, 6) is 1.45. The minimum atomic E-state index is -0.0876. The van der Waals surface area contributed by atoms with Crippen molar-refractivity contribution in [1.29, 1.82) is 0 Å². The summed E-state index contributed by atoms with van der Waals surface area (Å²) in [6.45, 7) is 1.87. The Kier molecular flexibility index (Phi) is 5.25. The Bertz CT molecular complexity index is 626. The molecular weight excluding hydrogens is 356 g/mol. The van der Waals surface area contributed by atoms with E-state index in [9.17, 15) is 4.79 Å². The molecule has 0 aliphatic heterocycles. The van der Waals surface area contributed by atoms with Crippen LogP contribution in [0.1, 0.15) is 15.2 Å². The van der Waals surface area contributed by atoms with E-state index in [1.807, 2.05) is 25.1 Å². The number of rotatable bonds is 6. The second-order valence-electron chi connectivity index (χ2n) is 4.31. The number of methoxy groups -OCH3 is 2. The zero-order valence-electron chi connectivity index (χ0n) is 11.9. The van der Waals surface area contributed by atoms with Gasteiger partial charge in [-0.15, -0.1) is 11.3 Å². The number of hydrogen-bond donors (Lipinski definition) is 0. The van der Waals surface area contributed by atoms with Crippen LogP contribution in [0.4, 0.5) is 0 Å². The molecule has 1 aromatic heterocycles. The highest BCUT2D eigenvalue weighted by Gasteiger charge is 2.16. The highest BCUT2D eigenvalue weighted by Crippen LogP contribution is 2.38. The highest BCUT2D eigenvalue weighted by molar-refractivity contribution is 9.11. The number of thiophene rings is 1. The van der Waals surface area contributed by atoms with E-state index in [4.69, 9.17) is 14.2 Å². The van der Waals surface area contributed by atoms with Crippen molar-refractivity contribution >= 4 is 33.0 Å². The van der Waals surface area contributed by atoms with Crippen molar-refractivity contribution in [2.45, 2.75) is 6.92 Å². The van der Waals surface area contributed by atoms with Gasteiger partial charge in [-0.3, -0.25) is 4.79 Å². The van der Waals surface area contributed by atoms with Crippen LogP contribution in [0.2, 0.25) is 0 Å². The third-order valence-corrected chi connectivity index (χ3v) is 4.47. The Morgan fingerprint density at radius 3 is 2.29 bits per heavy atom. The van der Waals surface area contributed by atoms with Gasteiger partial charge in [0.05, 0.1) is 22.9 Å². The normalized spacial score (nSPS) is 10.3. The maximum Gasteiger partial charge on any atom is 0.210 e. The first-order valence-corrected chi connectivity index (χ1v) is 7.80. The lowest BCUT2D eigenvalue weighted by atomic mass is 10.2. The molecule has 0 saturated carbocycles. The maximum absolute atomic E-state index is 12.1. The molecule has 21 heavy (non-hydrogen) atoms. The zero-order valence-corrected chi connectivity index (χ0v) is 14.3. The summed E-state index contributed by atoms with van der Waals surface area (Å²) in [7, 11) is 3.11. The molecule has 1 aromatic carbocycles. The van der Waals surface area contributed by atoms with E-state index in [-0.39, 0.29) is 12.4 Å². The van der Waals surface area contributed by atoms with Gasteiger partial charge in [0, 0.05) is 0 Å². The fourth-order valence-corrected chi connectivity index (χ4v) is 3.14. The number of hydrogen-bond acceptors (Lipinski definition) is 5. The first kappa shape index (κ1) is 15.9. The summed E-state index contributed by atoms with van der Waals surface area (Å²) in [6, 6.07) is 7.28. The standard InChI is InChI=1S/C15H15BrO4S/c1-9-6-11(18-2)15(12(7-9)19-3)20-8-10(17)13-4-5-14(16)21-13/h4-7H,8H2,1-3H3. The van der Waals surface area contributed by atoms with Gasteiger partial charge in [-0.05, 0) is 52.7 Å². The van der Waals surface area contributed by atoms with Gasteiger partial charge in [-0.2, -0.15) is 0 Å². The number of carbonyl (C=O) groups excluding carboxylic acids is 1. The van der Waals surface area contributed by atoms with Crippen LogP contribution in [-0.4, -0.2) is 26.6 Å². The van der Waals surface area contributed by atoms with Gasteiger partial charge in [0.15, 0.2) is 18.1 Å². The number of halogens is 1. The van der Waals surface area contributed by atoms with Gasteiger partial charge in [0.25, 0.3) is 0 Å². The SMILES string of the molecule is COc1cc(C)cc(OC)c1OCC(=O)c1ccc(Br)s1. The van der Waals surface area contributed by atoms with Crippen molar-refractivity contribution in [1.82, 2.24) is 0 Å². The molecule has 0 saturated heterocycles. The van der Waals surface area contributed by atoms with Crippen LogP contribution in [0.5, 0.6) is 17.2 Å². The van der Waals surface area contributed by atoms with Crippen LogP contribution in [0.25, 0.3) is 0 Å². The predicted octanol–water partition coefficient (Wildman–Crippen LogP) is 4.10. The van der Waals surface area contributed by atoms with Crippen molar-refractivity contribution < 1.29 is 19.0 Å². The molecule has 0 aliphatic carbocycles. The largest absolute Gasteiger partial charge is 0.493 e. The lowest BCUT2D eigenvalue weighted by molar-refractivity contribution is 0.0921. The van der Waals surface area contributed by atoms with Gasteiger partial charge >= 0.3 is 0 Å². The van der Waals surface area contributed by atoms with Crippen molar-refractivity contribution in [2.75, 3.05) is 20.8 Å². The first-order chi connectivity index (χ1) is 10.0. The molecule has 6 heteroatoms. The fraction of sp³-hybridized carbons (Fsp3) is 0.267. The van der Waals surface area contributed by atoms with Crippen LogP contribution in [0, 0.1) is 6.92 Å². The van der Waals surface area contributed by atoms with Crippen molar-refractivity contribution in [3.63, 3.8) is 0 Å². The molecule has 0 spiro atoms. The average molecular weight is 371 g/mol. The Labute approximate surface area is 135 Å². The summed E-state index contributed by atoms with van der Waals surface area (Å²) in [5, 5.41) is 0. The predicted molar refractivity (Wildman–Crippen MR) is 86.1 cm³/mol. The fourth-order valence-electron chi connectivity index (χ4n) is 1.83. The third-order valence-electron chi connectivity index (χ3n) is 2.80. The van der Waals surface area contributed by atoms with E-state index >= 15 is 0 Å². The topological polar surface area (TPSA) is 44.8 Å². The summed E-state index contributed by atoms with van der Waals surface area (Å²) >= 11 is 4.71.